The van der Waals surface area contributed by atoms with Gasteiger partial charge in [0.25, 0.3) is 0 Å². The van der Waals surface area contributed by atoms with Gasteiger partial charge in [-0.15, -0.1) is 0 Å². The van der Waals surface area contributed by atoms with Gasteiger partial charge in [-0.1, -0.05) is 33.6 Å². The minimum atomic E-state index is -0.399. The number of ether oxygens (including phenoxy) is 1. The van der Waals surface area contributed by atoms with E-state index in [1.54, 1.807) is 6.92 Å². The molecule has 0 rings (SSSR count). The van der Waals surface area contributed by atoms with Gasteiger partial charge in [0.05, 0.1) is 6.61 Å². The van der Waals surface area contributed by atoms with Crippen molar-refractivity contribution in [3.8, 4) is 0 Å². The molecule has 0 aliphatic rings. The Morgan fingerprint density at radius 1 is 1.19 bits per heavy atom. The molecule has 0 amide bonds. The summed E-state index contributed by atoms with van der Waals surface area (Å²) in [6.45, 7) is 8.14. The van der Waals surface area contributed by atoms with Crippen molar-refractivity contribution >= 4 is 11.8 Å². The lowest BCUT2D eigenvalue weighted by atomic mass is 9.77. The highest BCUT2D eigenvalue weighted by Crippen LogP contribution is 2.30. The Hall–Kier alpha value is -0.860. The van der Waals surface area contributed by atoms with Gasteiger partial charge >= 0.3 is 5.97 Å². The van der Waals surface area contributed by atoms with Crippen LogP contribution in [0.15, 0.2) is 0 Å². The Morgan fingerprint density at radius 3 is 2.25 bits per heavy atom. The molecule has 0 aromatic rings. The highest BCUT2D eigenvalue weighted by atomic mass is 16.5. The van der Waals surface area contributed by atoms with Gasteiger partial charge in [0, 0.05) is 5.41 Å². The van der Waals surface area contributed by atoms with E-state index in [1.807, 2.05) is 13.8 Å². The van der Waals surface area contributed by atoms with Crippen LogP contribution >= 0.6 is 0 Å². The first-order valence-corrected chi connectivity index (χ1v) is 6.19. The number of hydrogen-bond acceptors (Lipinski definition) is 3. The number of ketones is 1. The summed E-state index contributed by atoms with van der Waals surface area (Å²) in [5.74, 6) is -0.384. The summed E-state index contributed by atoms with van der Waals surface area (Å²) in [6, 6.07) is 0. The molecule has 0 aromatic heterocycles. The van der Waals surface area contributed by atoms with Gasteiger partial charge in [-0.3, -0.25) is 9.59 Å². The average Bonchev–Trinajstić information content (AvgIpc) is 2.26. The topological polar surface area (TPSA) is 43.4 Å². The molecule has 0 aromatic carbocycles. The first-order valence-electron chi connectivity index (χ1n) is 6.19. The summed E-state index contributed by atoms with van der Waals surface area (Å²) < 4.78 is 4.80. The molecule has 16 heavy (non-hydrogen) atoms. The lowest BCUT2D eigenvalue weighted by Crippen LogP contribution is -2.29. The second-order valence-corrected chi connectivity index (χ2v) is 4.42. The summed E-state index contributed by atoms with van der Waals surface area (Å²) in [5, 5.41) is 0. The lowest BCUT2D eigenvalue weighted by Gasteiger charge is -2.26. The third kappa shape index (κ3) is 4.77. The predicted octanol–water partition coefficient (Wildman–Crippen LogP) is 3.12. The number of carbonyl (C=O) groups excluding carboxylic acids is 2. The molecule has 0 heterocycles. The van der Waals surface area contributed by atoms with E-state index < -0.39 is 5.97 Å². The van der Waals surface area contributed by atoms with E-state index in [2.05, 4.69) is 6.92 Å². The molecular weight excluding hydrogens is 204 g/mol. The van der Waals surface area contributed by atoms with Crippen LogP contribution in [-0.2, 0) is 14.3 Å². The number of Topliss-reactive ketones (excluding diaryl/α,β-unsaturated/α-hetero) is 1. The maximum atomic E-state index is 12.0. The van der Waals surface area contributed by atoms with Gasteiger partial charge in [0.15, 0.2) is 0 Å². The minimum absolute atomic E-state index is 0.0156. The predicted molar refractivity (Wildman–Crippen MR) is 64.2 cm³/mol. The number of esters is 1. The number of rotatable bonds is 8. The Balaban J connectivity index is 4.34. The maximum Gasteiger partial charge on any atom is 0.313 e. The van der Waals surface area contributed by atoms with Crippen molar-refractivity contribution in [1.29, 1.82) is 0 Å². The van der Waals surface area contributed by atoms with E-state index in [4.69, 9.17) is 4.74 Å². The third-order valence-electron chi connectivity index (χ3n) is 3.15. The van der Waals surface area contributed by atoms with Gasteiger partial charge < -0.3 is 4.74 Å². The van der Waals surface area contributed by atoms with Crippen LogP contribution in [-0.4, -0.2) is 18.4 Å². The molecule has 0 bridgehead atoms. The Kier molecular flexibility index (Phi) is 7.02. The molecule has 0 fully saturated rings. The molecule has 0 spiro atoms. The van der Waals surface area contributed by atoms with E-state index in [-0.39, 0.29) is 17.6 Å². The van der Waals surface area contributed by atoms with Crippen molar-refractivity contribution in [2.45, 2.75) is 59.8 Å². The Labute approximate surface area is 98.6 Å². The van der Waals surface area contributed by atoms with Gasteiger partial charge in [0.2, 0.25) is 0 Å². The third-order valence-corrected chi connectivity index (χ3v) is 3.15. The summed E-state index contributed by atoms with van der Waals surface area (Å²) in [7, 11) is 0. The summed E-state index contributed by atoms with van der Waals surface area (Å²) in [6.07, 6.45) is 3.66. The quantitative estimate of drug-likeness (QED) is 0.473. The summed E-state index contributed by atoms with van der Waals surface area (Å²) in [5.41, 5.74) is -0.358. The van der Waals surface area contributed by atoms with E-state index in [1.165, 1.54) is 0 Å². The van der Waals surface area contributed by atoms with Gasteiger partial charge in [-0.05, 0) is 19.8 Å². The van der Waals surface area contributed by atoms with E-state index in [0.29, 0.717) is 6.61 Å². The number of hydrogen-bond donors (Lipinski definition) is 0. The number of unbranched alkanes of at least 4 members (excludes halogenated alkanes) is 1. The van der Waals surface area contributed by atoms with Crippen LogP contribution in [0.25, 0.3) is 0 Å². The van der Waals surface area contributed by atoms with E-state index >= 15 is 0 Å². The second kappa shape index (κ2) is 7.42. The van der Waals surface area contributed by atoms with Gasteiger partial charge in [0.1, 0.15) is 12.2 Å². The van der Waals surface area contributed by atoms with Crippen LogP contribution in [0, 0.1) is 5.41 Å². The van der Waals surface area contributed by atoms with E-state index in [0.717, 1.165) is 25.7 Å². The standard InChI is InChI=1S/C13H24O3/c1-5-8-9-13(4,6-2)11(14)10-12(15)16-7-3/h5-10H2,1-4H3. The molecule has 3 nitrogen and oxygen atoms in total. The minimum Gasteiger partial charge on any atom is -0.466 e. The molecule has 0 aliphatic heterocycles. The molecular formula is C13H24O3. The Morgan fingerprint density at radius 2 is 1.81 bits per heavy atom. The first kappa shape index (κ1) is 15.1. The molecule has 1 atom stereocenters. The monoisotopic (exact) mass is 228 g/mol. The largest absolute Gasteiger partial charge is 0.466 e. The smallest absolute Gasteiger partial charge is 0.313 e. The lowest BCUT2D eigenvalue weighted by molar-refractivity contribution is -0.147. The van der Waals surface area contributed by atoms with Crippen LogP contribution in [0.3, 0.4) is 0 Å². The molecule has 1 unspecified atom stereocenters. The van der Waals surface area contributed by atoms with Gasteiger partial charge in [-0.2, -0.15) is 0 Å². The first-order chi connectivity index (χ1) is 7.50. The highest BCUT2D eigenvalue weighted by molar-refractivity contribution is 5.98. The number of carbonyl (C=O) groups is 2. The fourth-order valence-electron chi connectivity index (χ4n) is 1.64. The van der Waals surface area contributed by atoms with Crippen LogP contribution in [0.5, 0.6) is 0 Å². The van der Waals surface area contributed by atoms with Crippen molar-refractivity contribution in [3.63, 3.8) is 0 Å². The van der Waals surface area contributed by atoms with Crippen molar-refractivity contribution in [1.82, 2.24) is 0 Å². The SMILES string of the molecule is CCCCC(C)(CC)C(=O)CC(=O)OCC. The molecule has 0 N–H and O–H groups in total. The zero-order valence-electron chi connectivity index (χ0n) is 11.0. The van der Waals surface area contributed by atoms with Crippen LogP contribution < -0.4 is 0 Å². The van der Waals surface area contributed by atoms with Crippen molar-refractivity contribution < 1.29 is 14.3 Å². The second-order valence-electron chi connectivity index (χ2n) is 4.42. The van der Waals surface area contributed by atoms with Crippen molar-refractivity contribution in [2.75, 3.05) is 6.61 Å². The Bertz CT molecular complexity index is 235. The van der Waals surface area contributed by atoms with Crippen LogP contribution in [0.2, 0.25) is 0 Å². The zero-order chi connectivity index (χ0) is 12.6. The normalized spacial score (nSPS) is 14.2. The fraction of sp³-hybridized carbons (Fsp3) is 0.846. The zero-order valence-corrected chi connectivity index (χ0v) is 11.0. The van der Waals surface area contributed by atoms with Crippen molar-refractivity contribution in [2.24, 2.45) is 5.41 Å². The molecule has 0 radical (unpaired) electrons. The summed E-state index contributed by atoms with van der Waals surface area (Å²) >= 11 is 0. The van der Waals surface area contributed by atoms with Crippen molar-refractivity contribution in [3.05, 3.63) is 0 Å². The molecule has 3 heteroatoms. The average molecular weight is 228 g/mol. The molecule has 0 saturated carbocycles. The van der Waals surface area contributed by atoms with Crippen LogP contribution in [0.1, 0.15) is 59.8 Å². The molecule has 94 valence electrons. The fourth-order valence-corrected chi connectivity index (χ4v) is 1.64. The van der Waals surface area contributed by atoms with Crippen LogP contribution in [0.4, 0.5) is 0 Å². The van der Waals surface area contributed by atoms with Gasteiger partial charge in [-0.25, -0.2) is 0 Å². The molecule has 0 saturated heterocycles. The summed E-state index contributed by atoms with van der Waals surface area (Å²) in [4.78, 5) is 23.2. The highest BCUT2D eigenvalue weighted by Gasteiger charge is 2.31. The van der Waals surface area contributed by atoms with E-state index in [9.17, 15) is 9.59 Å². The maximum absolute atomic E-state index is 12.0. The molecule has 0 aliphatic carbocycles.